The third kappa shape index (κ3) is 3.02. The third-order valence-electron chi connectivity index (χ3n) is 3.10. The molecule has 1 aromatic heterocycles. The van der Waals surface area contributed by atoms with Gasteiger partial charge in [-0.05, 0) is 44.5 Å². The van der Waals surface area contributed by atoms with Crippen molar-refractivity contribution in [3.8, 4) is 5.75 Å². The Morgan fingerprint density at radius 2 is 2.21 bits per heavy atom. The second-order valence-electron chi connectivity index (χ2n) is 4.50. The average Bonchev–Trinajstić information content (AvgIpc) is 2.84. The van der Waals surface area contributed by atoms with Gasteiger partial charge in [0.1, 0.15) is 12.4 Å². The van der Waals surface area contributed by atoms with Gasteiger partial charge in [-0.3, -0.25) is 4.79 Å². The van der Waals surface area contributed by atoms with Gasteiger partial charge in [-0.25, -0.2) is 4.98 Å². The number of carbonyl (C=O) groups excluding carboxylic acids is 1. The summed E-state index contributed by atoms with van der Waals surface area (Å²) in [4.78, 5) is 15.4. The van der Waals surface area contributed by atoms with Crippen LogP contribution in [0.2, 0.25) is 0 Å². The van der Waals surface area contributed by atoms with Crippen LogP contribution in [0, 0.1) is 6.92 Å². The zero-order valence-electron chi connectivity index (χ0n) is 11.5. The highest BCUT2D eigenvalue weighted by Gasteiger charge is 2.06. The molecule has 0 radical (unpaired) electrons. The molecule has 0 aliphatic carbocycles. The number of aryl methyl sites for hydroxylation is 2. The molecule has 1 aromatic carbocycles. The van der Waals surface area contributed by atoms with Gasteiger partial charge < -0.3 is 9.30 Å². The van der Waals surface area contributed by atoms with Crippen LogP contribution in [0.5, 0.6) is 5.75 Å². The standard InChI is InChI=1S/C15H18N2O2/c1-4-17-10-16-8-14(17)9-19-15-6-5-13(12(3)18)7-11(15)2/h5-8,10H,4,9H2,1-3H3. The second-order valence-corrected chi connectivity index (χ2v) is 4.50. The number of hydrogen-bond acceptors (Lipinski definition) is 3. The molecule has 0 bridgehead atoms. The highest BCUT2D eigenvalue weighted by atomic mass is 16.5. The van der Waals surface area contributed by atoms with Crippen molar-refractivity contribution in [2.24, 2.45) is 0 Å². The molecule has 0 unspecified atom stereocenters. The minimum Gasteiger partial charge on any atom is -0.487 e. The summed E-state index contributed by atoms with van der Waals surface area (Å²) in [5.74, 6) is 0.868. The molecule has 0 spiro atoms. The van der Waals surface area contributed by atoms with E-state index in [0.29, 0.717) is 12.2 Å². The first-order chi connectivity index (χ1) is 9.11. The zero-order chi connectivity index (χ0) is 13.8. The lowest BCUT2D eigenvalue weighted by Gasteiger charge is -2.11. The Kier molecular flexibility index (Phi) is 4.00. The van der Waals surface area contributed by atoms with Gasteiger partial charge in [0.2, 0.25) is 0 Å². The molecule has 0 saturated carbocycles. The maximum absolute atomic E-state index is 11.3. The van der Waals surface area contributed by atoms with Crippen LogP contribution in [0.15, 0.2) is 30.7 Å². The topological polar surface area (TPSA) is 44.1 Å². The van der Waals surface area contributed by atoms with Crippen LogP contribution in [0.1, 0.15) is 35.5 Å². The fourth-order valence-corrected chi connectivity index (χ4v) is 1.94. The summed E-state index contributed by atoms with van der Waals surface area (Å²) in [6.45, 7) is 6.93. The number of imidazole rings is 1. The lowest BCUT2D eigenvalue weighted by molar-refractivity contribution is 0.101. The normalized spacial score (nSPS) is 10.5. The largest absolute Gasteiger partial charge is 0.487 e. The van der Waals surface area contributed by atoms with E-state index in [1.165, 1.54) is 0 Å². The van der Waals surface area contributed by atoms with Crippen LogP contribution in [-0.4, -0.2) is 15.3 Å². The van der Waals surface area contributed by atoms with Crippen LogP contribution < -0.4 is 4.74 Å². The van der Waals surface area contributed by atoms with Crippen LogP contribution in [0.3, 0.4) is 0 Å². The van der Waals surface area contributed by atoms with Gasteiger partial charge in [0.15, 0.2) is 5.78 Å². The van der Waals surface area contributed by atoms with E-state index in [2.05, 4.69) is 11.9 Å². The van der Waals surface area contributed by atoms with Crippen molar-refractivity contribution in [3.63, 3.8) is 0 Å². The predicted molar refractivity (Wildman–Crippen MR) is 73.4 cm³/mol. The third-order valence-corrected chi connectivity index (χ3v) is 3.10. The number of nitrogens with zero attached hydrogens (tertiary/aromatic N) is 2. The van der Waals surface area contributed by atoms with Gasteiger partial charge in [-0.1, -0.05) is 0 Å². The number of carbonyl (C=O) groups is 1. The Labute approximate surface area is 113 Å². The number of rotatable bonds is 5. The summed E-state index contributed by atoms with van der Waals surface area (Å²) >= 11 is 0. The smallest absolute Gasteiger partial charge is 0.159 e. The molecule has 2 aromatic rings. The molecule has 4 heteroatoms. The minimum atomic E-state index is 0.0682. The van der Waals surface area contributed by atoms with Gasteiger partial charge >= 0.3 is 0 Å². The number of ketones is 1. The van der Waals surface area contributed by atoms with Crippen LogP contribution in [0.4, 0.5) is 0 Å². The number of ether oxygens (including phenoxy) is 1. The number of hydrogen-bond donors (Lipinski definition) is 0. The van der Waals surface area contributed by atoms with Gasteiger partial charge in [-0.2, -0.15) is 0 Å². The maximum Gasteiger partial charge on any atom is 0.159 e. The SMILES string of the molecule is CCn1cncc1COc1ccc(C(C)=O)cc1C. The van der Waals surface area contributed by atoms with E-state index in [-0.39, 0.29) is 5.78 Å². The molecular weight excluding hydrogens is 240 g/mol. The van der Waals surface area contributed by atoms with E-state index >= 15 is 0 Å². The molecule has 2 rings (SSSR count). The first-order valence-electron chi connectivity index (χ1n) is 6.35. The molecule has 100 valence electrons. The fourth-order valence-electron chi connectivity index (χ4n) is 1.94. The molecule has 0 saturated heterocycles. The predicted octanol–water partition coefficient (Wildman–Crippen LogP) is 2.99. The van der Waals surface area contributed by atoms with E-state index in [1.54, 1.807) is 19.3 Å². The van der Waals surface area contributed by atoms with Crippen LogP contribution in [-0.2, 0) is 13.2 Å². The van der Waals surface area contributed by atoms with Crippen molar-refractivity contribution in [2.45, 2.75) is 33.9 Å². The molecule has 4 nitrogen and oxygen atoms in total. The molecule has 0 aliphatic rings. The number of Topliss-reactive ketones (excluding diaryl/α,β-unsaturated/α-hetero) is 1. The van der Waals surface area contributed by atoms with Crippen molar-refractivity contribution in [1.82, 2.24) is 9.55 Å². The lowest BCUT2D eigenvalue weighted by Crippen LogP contribution is -2.04. The number of aromatic nitrogens is 2. The Balaban J connectivity index is 2.10. The van der Waals surface area contributed by atoms with Gasteiger partial charge in [0.25, 0.3) is 0 Å². The zero-order valence-corrected chi connectivity index (χ0v) is 11.5. The van der Waals surface area contributed by atoms with Crippen LogP contribution >= 0.6 is 0 Å². The first kappa shape index (κ1) is 13.3. The Bertz CT molecular complexity index is 588. The first-order valence-corrected chi connectivity index (χ1v) is 6.35. The quantitative estimate of drug-likeness (QED) is 0.774. The summed E-state index contributed by atoms with van der Waals surface area (Å²) in [7, 11) is 0. The lowest BCUT2D eigenvalue weighted by atomic mass is 10.1. The summed E-state index contributed by atoms with van der Waals surface area (Å²) in [6, 6.07) is 5.50. The molecule has 0 aliphatic heterocycles. The van der Waals surface area contributed by atoms with E-state index in [1.807, 2.05) is 29.8 Å². The summed E-state index contributed by atoms with van der Waals surface area (Å²) in [5.41, 5.74) is 2.72. The highest BCUT2D eigenvalue weighted by Crippen LogP contribution is 2.20. The van der Waals surface area contributed by atoms with Crippen LogP contribution in [0.25, 0.3) is 0 Å². The molecule has 19 heavy (non-hydrogen) atoms. The molecule has 0 amide bonds. The Morgan fingerprint density at radius 3 is 2.84 bits per heavy atom. The maximum atomic E-state index is 11.3. The minimum absolute atomic E-state index is 0.0682. The summed E-state index contributed by atoms with van der Waals surface area (Å²) in [6.07, 6.45) is 3.60. The molecule has 0 N–H and O–H groups in total. The van der Waals surface area contributed by atoms with Gasteiger partial charge in [0, 0.05) is 12.1 Å². The van der Waals surface area contributed by atoms with Crippen molar-refractivity contribution in [2.75, 3.05) is 0 Å². The molecule has 0 fully saturated rings. The highest BCUT2D eigenvalue weighted by molar-refractivity contribution is 5.94. The molecule has 0 atom stereocenters. The van der Waals surface area contributed by atoms with Crippen molar-refractivity contribution >= 4 is 5.78 Å². The summed E-state index contributed by atoms with van der Waals surface area (Å²) < 4.78 is 7.83. The van der Waals surface area contributed by atoms with Crippen molar-refractivity contribution in [1.29, 1.82) is 0 Å². The van der Waals surface area contributed by atoms with E-state index < -0.39 is 0 Å². The fraction of sp³-hybridized carbons (Fsp3) is 0.333. The van der Waals surface area contributed by atoms with Crippen molar-refractivity contribution in [3.05, 3.63) is 47.5 Å². The summed E-state index contributed by atoms with van der Waals surface area (Å²) in [5, 5.41) is 0. The van der Waals surface area contributed by atoms with Gasteiger partial charge in [0.05, 0.1) is 18.2 Å². The Hall–Kier alpha value is -2.10. The second kappa shape index (κ2) is 5.69. The van der Waals surface area contributed by atoms with Gasteiger partial charge in [-0.15, -0.1) is 0 Å². The average molecular weight is 258 g/mol. The van der Waals surface area contributed by atoms with E-state index in [4.69, 9.17) is 4.74 Å². The molecule has 1 heterocycles. The Morgan fingerprint density at radius 1 is 1.42 bits per heavy atom. The monoisotopic (exact) mass is 258 g/mol. The van der Waals surface area contributed by atoms with E-state index in [9.17, 15) is 4.79 Å². The molecular formula is C15H18N2O2. The van der Waals surface area contributed by atoms with Crippen molar-refractivity contribution < 1.29 is 9.53 Å². The number of benzene rings is 1. The van der Waals surface area contributed by atoms with E-state index in [0.717, 1.165) is 23.6 Å².